The first-order chi connectivity index (χ1) is 8.52. The van der Waals surface area contributed by atoms with E-state index < -0.39 is 0 Å². The maximum Gasteiger partial charge on any atom is 0.0900 e. The Hall–Kier alpha value is -0.450. The maximum absolute atomic E-state index is 9.08. The fraction of sp³-hybridized carbons (Fsp3) is 0.786. The van der Waals surface area contributed by atoms with Crippen LogP contribution in [0.25, 0.3) is 0 Å². The minimum absolute atomic E-state index is 0.289. The third-order valence-corrected chi connectivity index (χ3v) is 4.13. The second-order valence-corrected chi connectivity index (χ2v) is 6.67. The van der Waals surface area contributed by atoms with Gasteiger partial charge >= 0.3 is 0 Å². The van der Waals surface area contributed by atoms with Gasteiger partial charge in [0.25, 0.3) is 0 Å². The molecule has 0 saturated heterocycles. The van der Waals surface area contributed by atoms with Gasteiger partial charge in [-0.25, -0.2) is 4.98 Å². The summed E-state index contributed by atoms with van der Waals surface area (Å²) in [4.78, 5) is 5.77. The molecule has 0 aromatic carbocycles. The van der Waals surface area contributed by atoms with Gasteiger partial charge in [-0.1, -0.05) is 13.8 Å². The van der Waals surface area contributed by atoms with Crippen LogP contribution in [0.15, 0.2) is 0 Å². The van der Waals surface area contributed by atoms with E-state index in [1.165, 1.54) is 11.3 Å². The van der Waals surface area contributed by atoms with E-state index >= 15 is 0 Å². The van der Waals surface area contributed by atoms with E-state index in [1.54, 1.807) is 11.3 Å². The van der Waals surface area contributed by atoms with Crippen LogP contribution < -0.4 is 5.32 Å². The van der Waals surface area contributed by atoms with E-state index in [0.29, 0.717) is 11.8 Å². The Labute approximate surface area is 115 Å². The van der Waals surface area contributed by atoms with Gasteiger partial charge in [0.15, 0.2) is 0 Å². The molecule has 0 radical (unpaired) electrons. The lowest BCUT2D eigenvalue weighted by molar-refractivity contribution is 0.239. The molecule has 1 heterocycles. The number of nitrogens with zero attached hydrogens (tertiary/aromatic N) is 1. The van der Waals surface area contributed by atoms with Gasteiger partial charge in [-0.15, -0.1) is 11.3 Å². The number of aliphatic hydroxyl groups excluding tert-OH is 1. The van der Waals surface area contributed by atoms with E-state index in [2.05, 4.69) is 38.0 Å². The van der Waals surface area contributed by atoms with Crippen LogP contribution in [0.1, 0.15) is 42.3 Å². The van der Waals surface area contributed by atoms with Gasteiger partial charge in [0.1, 0.15) is 0 Å². The van der Waals surface area contributed by atoms with E-state index in [0.717, 1.165) is 30.2 Å². The topological polar surface area (TPSA) is 45.2 Å². The van der Waals surface area contributed by atoms with Gasteiger partial charge < -0.3 is 10.4 Å². The molecule has 1 unspecified atom stereocenters. The average Bonchev–Trinajstić information content (AvgIpc) is 2.57. The Morgan fingerprint density at radius 1 is 1.33 bits per heavy atom. The first-order valence-corrected chi connectivity index (χ1v) is 7.59. The lowest BCUT2D eigenvalue weighted by atomic mass is 9.94. The molecular weight excluding hydrogens is 244 g/mol. The Bertz CT molecular complexity index is 350. The van der Waals surface area contributed by atoms with E-state index in [4.69, 9.17) is 5.11 Å². The lowest BCUT2D eigenvalue weighted by Crippen LogP contribution is -2.24. The maximum atomic E-state index is 9.08. The summed E-state index contributed by atoms with van der Waals surface area (Å²) in [6.07, 6.45) is 2.07. The molecule has 3 nitrogen and oxygen atoms in total. The number of aliphatic hydroxyl groups is 1. The molecule has 1 aromatic heterocycles. The number of nitrogens with one attached hydrogen (secondary N) is 1. The fourth-order valence-electron chi connectivity index (χ4n) is 2.28. The number of hydrogen-bond acceptors (Lipinski definition) is 4. The molecule has 1 atom stereocenters. The minimum Gasteiger partial charge on any atom is -0.396 e. The van der Waals surface area contributed by atoms with Gasteiger partial charge in [0.2, 0.25) is 0 Å². The Morgan fingerprint density at radius 2 is 2.06 bits per heavy atom. The molecule has 2 N–H and O–H groups in total. The molecule has 0 aliphatic rings. The largest absolute Gasteiger partial charge is 0.396 e. The van der Waals surface area contributed by atoms with E-state index in [-0.39, 0.29) is 6.61 Å². The van der Waals surface area contributed by atoms with Crippen molar-refractivity contribution in [2.24, 2.45) is 11.8 Å². The number of rotatable bonds is 8. The van der Waals surface area contributed by atoms with Crippen molar-refractivity contribution in [1.82, 2.24) is 10.3 Å². The molecule has 0 saturated carbocycles. The first kappa shape index (κ1) is 15.6. The van der Waals surface area contributed by atoms with Gasteiger partial charge in [-0.05, 0) is 45.1 Å². The first-order valence-electron chi connectivity index (χ1n) is 6.77. The summed E-state index contributed by atoms with van der Waals surface area (Å²) in [5, 5.41) is 13.7. The van der Waals surface area contributed by atoms with Gasteiger partial charge in [-0.3, -0.25) is 0 Å². The highest BCUT2D eigenvalue weighted by molar-refractivity contribution is 7.11. The summed E-state index contributed by atoms with van der Waals surface area (Å²) in [5.74, 6) is 1.26. The SMILES string of the molecule is Cc1nc(C)c(CNCC(CCO)CC(C)C)s1. The summed E-state index contributed by atoms with van der Waals surface area (Å²) in [6, 6.07) is 0. The van der Waals surface area contributed by atoms with Crippen molar-refractivity contribution in [1.29, 1.82) is 0 Å². The number of thiazole rings is 1. The quantitative estimate of drug-likeness (QED) is 0.763. The Morgan fingerprint density at radius 3 is 2.56 bits per heavy atom. The smallest absolute Gasteiger partial charge is 0.0900 e. The van der Waals surface area contributed by atoms with Crippen LogP contribution in [0.2, 0.25) is 0 Å². The molecule has 0 bridgehead atoms. The lowest BCUT2D eigenvalue weighted by Gasteiger charge is -2.18. The molecule has 18 heavy (non-hydrogen) atoms. The van der Waals surface area contributed by atoms with Crippen LogP contribution in [0.3, 0.4) is 0 Å². The predicted octanol–water partition coefficient (Wildman–Crippen LogP) is 2.89. The Kier molecular flexibility index (Phi) is 6.82. The van der Waals surface area contributed by atoms with Crippen LogP contribution in [0.5, 0.6) is 0 Å². The molecule has 0 spiro atoms. The minimum atomic E-state index is 0.289. The number of hydrogen-bond donors (Lipinski definition) is 2. The summed E-state index contributed by atoms with van der Waals surface area (Å²) in [5.41, 5.74) is 1.15. The monoisotopic (exact) mass is 270 g/mol. The molecule has 104 valence electrons. The standard InChI is InChI=1S/C14H26N2OS/c1-10(2)7-13(5-6-17)8-15-9-14-11(3)16-12(4)18-14/h10,13,15,17H,5-9H2,1-4H3. The van der Waals surface area contributed by atoms with E-state index in [9.17, 15) is 0 Å². The van der Waals surface area contributed by atoms with Crippen molar-refractivity contribution in [3.63, 3.8) is 0 Å². The Balaban J connectivity index is 2.36. The highest BCUT2D eigenvalue weighted by atomic mass is 32.1. The average molecular weight is 270 g/mol. The summed E-state index contributed by atoms with van der Waals surface area (Å²) < 4.78 is 0. The second-order valence-electron chi connectivity index (χ2n) is 5.38. The third kappa shape index (κ3) is 5.46. The van der Waals surface area contributed by atoms with Crippen molar-refractivity contribution in [3.05, 3.63) is 15.6 Å². The highest BCUT2D eigenvalue weighted by Gasteiger charge is 2.11. The predicted molar refractivity (Wildman–Crippen MR) is 77.9 cm³/mol. The molecular formula is C14H26N2OS. The van der Waals surface area contributed by atoms with Crippen LogP contribution in [-0.4, -0.2) is 23.2 Å². The van der Waals surface area contributed by atoms with Crippen LogP contribution in [0, 0.1) is 25.7 Å². The summed E-state index contributed by atoms with van der Waals surface area (Å²) in [7, 11) is 0. The third-order valence-electron chi connectivity index (χ3n) is 3.06. The van der Waals surface area contributed by atoms with Gasteiger partial charge in [-0.2, -0.15) is 0 Å². The highest BCUT2D eigenvalue weighted by Crippen LogP contribution is 2.18. The summed E-state index contributed by atoms with van der Waals surface area (Å²) in [6.45, 7) is 10.8. The molecule has 1 aromatic rings. The van der Waals surface area contributed by atoms with Crippen molar-refractivity contribution >= 4 is 11.3 Å². The number of aromatic nitrogens is 1. The summed E-state index contributed by atoms with van der Waals surface area (Å²) >= 11 is 1.77. The van der Waals surface area contributed by atoms with Crippen LogP contribution in [-0.2, 0) is 6.54 Å². The van der Waals surface area contributed by atoms with E-state index in [1.807, 2.05) is 0 Å². The van der Waals surface area contributed by atoms with Crippen molar-refractivity contribution in [3.8, 4) is 0 Å². The van der Waals surface area contributed by atoms with Crippen LogP contribution >= 0.6 is 11.3 Å². The zero-order chi connectivity index (χ0) is 13.5. The van der Waals surface area contributed by atoms with Crippen molar-refractivity contribution < 1.29 is 5.11 Å². The molecule has 0 aliphatic heterocycles. The second kappa shape index (κ2) is 7.87. The molecule has 4 heteroatoms. The molecule has 0 amide bonds. The zero-order valence-corrected chi connectivity index (χ0v) is 12.8. The number of aryl methyl sites for hydroxylation is 2. The van der Waals surface area contributed by atoms with Gasteiger partial charge in [0.05, 0.1) is 10.7 Å². The van der Waals surface area contributed by atoms with Gasteiger partial charge in [0, 0.05) is 18.0 Å². The molecule has 0 fully saturated rings. The molecule has 0 aliphatic carbocycles. The fourth-order valence-corrected chi connectivity index (χ4v) is 3.19. The van der Waals surface area contributed by atoms with Crippen LogP contribution in [0.4, 0.5) is 0 Å². The van der Waals surface area contributed by atoms with Crippen molar-refractivity contribution in [2.75, 3.05) is 13.2 Å². The zero-order valence-electron chi connectivity index (χ0n) is 12.0. The normalized spacial score (nSPS) is 13.2. The van der Waals surface area contributed by atoms with Crippen molar-refractivity contribution in [2.45, 2.75) is 47.1 Å². The molecule has 1 rings (SSSR count).